The molecule has 1 fully saturated rings. The molecular weight excluding hydrogens is 306 g/mol. The lowest BCUT2D eigenvalue weighted by molar-refractivity contribution is 0.215. The Balaban J connectivity index is 1.61. The van der Waals surface area contributed by atoms with Crippen molar-refractivity contribution in [2.45, 2.75) is 6.54 Å². The minimum Gasteiger partial charge on any atom is -0.336 e. The molecule has 0 atom stereocenters. The van der Waals surface area contributed by atoms with Crippen LogP contribution in [-0.2, 0) is 6.54 Å². The monoisotopic (exact) mass is 321 g/mol. The van der Waals surface area contributed by atoms with Crippen LogP contribution in [0.25, 0.3) is 22.5 Å². The zero-order valence-electron chi connectivity index (χ0n) is 12.8. The summed E-state index contributed by atoms with van der Waals surface area (Å²) in [5.41, 5.74) is 3.69. The van der Waals surface area contributed by atoms with E-state index in [4.69, 9.17) is 0 Å². The maximum absolute atomic E-state index is 11.6. The van der Waals surface area contributed by atoms with E-state index in [1.54, 1.807) is 4.90 Å². The number of hydrogen-bond donors (Lipinski definition) is 2. The summed E-state index contributed by atoms with van der Waals surface area (Å²) in [5, 5.41) is 17.0. The molecule has 1 aliphatic rings. The molecule has 1 saturated heterocycles. The molecule has 120 valence electrons. The Kier molecular flexibility index (Phi) is 3.62. The average molecular weight is 321 g/mol. The summed E-state index contributed by atoms with van der Waals surface area (Å²) >= 11 is 0. The van der Waals surface area contributed by atoms with Gasteiger partial charge in [-0.2, -0.15) is 5.21 Å². The van der Waals surface area contributed by atoms with Crippen LogP contribution in [0.4, 0.5) is 4.79 Å². The number of aromatic amines is 1. The lowest BCUT2D eigenvalue weighted by atomic mass is 10.0. The van der Waals surface area contributed by atoms with Crippen LogP contribution in [-0.4, -0.2) is 49.6 Å². The summed E-state index contributed by atoms with van der Waals surface area (Å²) < 4.78 is 0. The van der Waals surface area contributed by atoms with E-state index in [-0.39, 0.29) is 6.03 Å². The average Bonchev–Trinajstić information content (AvgIpc) is 3.28. The van der Waals surface area contributed by atoms with E-state index in [0.717, 1.165) is 22.4 Å². The SMILES string of the molecule is O=C1NCCN1Cc1ccc(-c2ccccc2-c2nn[nH]n2)cn1. The second-order valence-electron chi connectivity index (χ2n) is 5.47. The van der Waals surface area contributed by atoms with Crippen molar-refractivity contribution >= 4 is 6.03 Å². The molecule has 0 spiro atoms. The fourth-order valence-electron chi connectivity index (χ4n) is 2.74. The quantitative estimate of drug-likeness (QED) is 0.757. The highest BCUT2D eigenvalue weighted by atomic mass is 16.2. The van der Waals surface area contributed by atoms with Gasteiger partial charge in [0.25, 0.3) is 0 Å². The standard InChI is InChI=1S/C16H15N7O/c24-16-17-7-8-23(16)10-12-6-5-11(9-18-12)13-3-1-2-4-14(13)15-19-21-22-20-15/h1-6,9H,7-8,10H2,(H,17,24)(H,19,20,21,22). The lowest BCUT2D eigenvalue weighted by Crippen LogP contribution is -2.27. The normalized spacial score (nSPS) is 14.0. The fraction of sp³-hybridized carbons (Fsp3) is 0.188. The number of carbonyl (C=O) groups excluding carboxylic acids is 1. The number of urea groups is 1. The number of rotatable bonds is 4. The van der Waals surface area contributed by atoms with E-state index < -0.39 is 0 Å². The van der Waals surface area contributed by atoms with Crippen molar-refractivity contribution in [3.05, 3.63) is 48.3 Å². The van der Waals surface area contributed by atoms with Crippen LogP contribution in [0.15, 0.2) is 42.6 Å². The van der Waals surface area contributed by atoms with Crippen molar-refractivity contribution in [2.24, 2.45) is 0 Å². The minimum atomic E-state index is -0.0386. The number of H-pyrrole nitrogens is 1. The summed E-state index contributed by atoms with van der Waals surface area (Å²) in [7, 11) is 0. The van der Waals surface area contributed by atoms with Gasteiger partial charge in [-0.3, -0.25) is 4.98 Å². The van der Waals surface area contributed by atoms with E-state index in [1.807, 2.05) is 42.6 Å². The molecule has 0 bridgehead atoms. The Labute approximate surface area is 137 Å². The zero-order valence-corrected chi connectivity index (χ0v) is 12.8. The van der Waals surface area contributed by atoms with Crippen LogP contribution in [0.1, 0.15) is 5.69 Å². The number of carbonyl (C=O) groups is 1. The number of benzene rings is 1. The fourth-order valence-corrected chi connectivity index (χ4v) is 2.74. The minimum absolute atomic E-state index is 0.0386. The van der Waals surface area contributed by atoms with Crippen molar-refractivity contribution in [1.29, 1.82) is 0 Å². The van der Waals surface area contributed by atoms with Crippen molar-refractivity contribution in [3.8, 4) is 22.5 Å². The number of amides is 2. The first-order valence-corrected chi connectivity index (χ1v) is 7.62. The van der Waals surface area contributed by atoms with Crippen LogP contribution in [0.2, 0.25) is 0 Å². The van der Waals surface area contributed by atoms with Crippen LogP contribution in [0.3, 0.4) is 0 Å². The van der Waals surface area contributed by atoms with Gasteiger partial charge >= 0.3 is 6.03 Å². The van der Waals surface area contributed by atoms with Gasteiger partial charge in [0.05, 0.1) is 12.2 Å². The van der Waals surface area contributed by atoms with Gasteiger partial charge in [-0.25, -0.2) is 4.79 Å². The molecule has 3 heterocycles. The molecule has 1 aromatic carbocycles. The summed E-state index contributed by atoms with van der Waals surface area (Å²) in [6.07, 6.45) is 1.81. The van der Waals surface area contributed by atoms with Crippen LogP contribution < -0.4 is 5.32 Å². The third-order valence-electron chi connectivity index (χ3n) is 3.95. The topological polar surface area (TPSA) is 99.7 Å². The number of aromatic nitrogens is 5. The first-order chi connectivity index (χ1) is 11.8. The summed E-state index contributed by atoms with van der Waals surface area (Å²) in [6.45, 7) is 1.91. The van der Waals surface area contributed by atoms with Gasteiger partial charge in [-0.1, -0.05) is 30.3 Å². The number of nitrogens with zero attached hydrogens (tertiary/aromatic N) is 5. The van der Waals surface area contributed by atoms with E-state index >= 15 is 0 Å². The Bertz CT molecular complexity index is 845. The van der Waals surface area contributed by atoms with Crippen molar-refractivity contribution < 1.29 is 4.79 Å². The van der Waals surface area contributed by atoms with E-state index in [1.165, 1.54) is 0 Å². The van der Waals surface area contributed by atoms with Gasteiger partial charge in [0.1, 0.15) is 0 Å². The van der Waals surface area contributed by atoms with Crippen molar-refractivity contribution in [2.75, 3.05) is 13.1 Å². The third-order valence-corrected chi connectivity index (χ3v) is 3.95. The Morgan fingerprint density at radius 2 is 2.00 bits per heavy atom. The van der Waals surface area contributed by atoms with Gasteiger partial charge in [-0.05, 0) is 16.8 Å². The van der Waals surface area contributed by atoms with Gasteiger partial charge in [0.15, 0.2) is 0 Å². The molecule has 4 rings (SSSR count). The Morgan fingerprint density at radius 3 is 2.67 bits per heavy atom. The van der Waals surface area contributed by atoms with Crippen LogP contribution >= 0.6 is 0 Å². The second kappa shape index (κ2) is 6.07. The molecule has 0 unspecified atom stereocenters. The maximum Gasteiger partial charge on any atom is 0.317 e. The molecular formula is C16H15N7O. The lowest BCUT2D eigenvalue weighted by Gasteiger charge is -2.13. The van der Waals surface area contributed by atoms with E-state index in [2.05, 4.69) is 30.9 Å². The molecule has 2 amide bonds. The smallest absolute Gasteiger partial charge is 0.317 e. The molecule has 8 nitrogen and oxygen atoms in total. The summed E-state index contributed by atoms with van der Waals surface area (Å²) in [5.74, 6) is 0.545. The van der Waals surface area contributed by atoms with E-state index in [9.17, 15) is 4.79 Å². The number of hydrogen-bond acceptors (Lipinski definition) is 5. The van der Waals surface area contributed by atoms with Gasteiger partial charge in [-0.15, -0.1) is 10.2 Å². The molecule has 3 aromatic rings. The molecule has 24 heavy (non-hydrogen) atoms. The third kappa shape index (κ3) is 2.69. The second-order valence-corrected chi connectivity index (χ2v) is 5.47. The summed E-state index contributed by atoms with van der Waals surface area (Å²) in [4.78, 5) is 17.8. The highest BCUT2D eigenvalue weighted by Gasteiger charge is 2.19. The highest BCUT2D eigenvalue weighted by molar-refractivity contribution is 5.80. The number of pyridine rings is 1. The molecule has 0 aliphatic carbocycles. The zero-order chi connectivity index (χ0) is 16.4. The number of tetrazole rings is 1. The van der Waals surface area contributed by atoms with Crippen LogP contribution in [0, 0.1) is 0 Å². The summed E-state index contributed by atoms with van der Waals surface area (Å²) in [6, 6.07) is 11.7. The van der Waals surface area contributed by atoms with Gasteiger partial charge in [0, 0.05) is 30.4 Å². The number of nitrogens with one attached hydrogen (secondary N) is 2. The molecule has 8 heteroatoms. The maximum atomic E-state index is 11.6. The Hall–Kier alpha value is -3.29. The van der Waals surface area contributed by atoms with Crippen molar-refractivity contribution in [3.63, 3.8) is 0 Å². The molecule has 2 N–H and O–H groups in total. The van der Waals surface area contributed by atoms with Crippen molar-refractivity contribution in [1.82, 2.24) is 35.8 Å². The predicted octanol–water partition coefficient (Wildman–Crippen LogP) is 1.45. The van der Waals surface area contributed by atoms with Crippen LogP contribution in [0.5, 0.6) is 0 Å². The highest BCUT2D eigenvalue weighted by Crippen LogP contribution is 2.29. The first kappa shape index (κ1) is 14.3. The molecule has 2 aromatic heterocycles. The Morgan fingerprint density at radius 1 is 1.12 bits per heavy atom. The predicted molar refractivity (Wildman–Crippen MR) is 86.7 cm³/mol. The first-order valence-electron chi connectivity index (χ1n) is 7.62. The molecule has 0 radical (unpaired) electrons. The van der Waals surface area contributed by atoms with Gasteiger partial charge in [0.2, 0.25) is 5.82 Å². The van der Waals surface area contributed by atoms with E-state index in [0.29, 0.717) is 25.5 Å². The molecule has 0 saturated carbocycles. The van der Waals surface area contributed by atoms with Gasteiger partial charge < -0.3 is 10.2 Å². The largest absolute Gasteiger partial charge is 0.336 e. The molecule has 1 aliphatic heterocycles.